The number of hydrogen-bond acceptors (Lipinski definition) is 4. The maximum absolute atomic E-state index is 5.48. The van der Waals surface area contributed by atoms with Gasteiger partial charge in [0, 0.05) is 11.5 Å². The molecule has 18 heavy (non-hydrogen) atoms. The van der Waals surface area contributed by atoms with Gasteiger partial charge in [0.2, 0.25) is 5.89 Å². The summed E-state index contributed by atoms with van der Waals surface area (Å²) in [5, 5.41) is 7.56. The number of likely N-dealkylation sites (N-methyl/N-ethyl adjacent to an activating group) is 1. The second-order valence-corrected chi connectivity index (χ2v) is 6.32. The number of rotatable bonds is 5. The summed E-state index contributed by atoms with van der Waals surface area (Å²) in [4.78, 5) is 4.59. The second kappa shape index (κ2) is 5.83. The van der Waals surface area contributed by atoms with Gasteiger partial charge in [-0.05, 0) is 19.4 Å². The zero-order chi connectivity index (χ0) is 13.9. The Morgan fingerprint density at radius 2 is 1.83 bits per heavy atom. The highest BCUT2D eigenvalue weighted by Gasteiger charge is 2.30. The third kappa shape index (κ3) is 3.55. The van der Waals surface area contributed by atoms with Gasteiger partial charge in [-0.25, -0.2) is 0 Å². The van der Waals surface area contributed by atoms with E-state index in [-0.39, 0.29) is 11.3 Å². The van der Waals surface area contributed by atoms with Crippen LogP contribution >= 0.6 is 0 Å². The van der Waals surface area contributed by atoms with Crippen LogP contribution in [-0.2, 0) is 5.41 Å². The molecule has 1 aromatic rings. The minimum Gasteiger partial charge on any atom is -0.339 e. The molecule has 2 unspecified atom stereocenters. The molecule has 1 rings (SSSR count). The topological polar surface area (TPSA) is 51.0 Å². The van der Waals surface area contributed by atoms with Crippen LogP contribution in [-0.4, -0.2) is 22.7 Å². The smallest absolute Gasteiger partial charge is 0.231 e. The number of hydrogen-bond donors (Lipinski definition) is 1. The minimum absolute atomic E-state index is 0.0648. The summed E-state index contributed by atoms with van der Waals surface area (Å²) in [7, 11) is 0. The quantitative estimate of drug-likeness (QED) is 0.876. The SMILES string of the molecule is CCNC(C)C(c1nc(C(C)(C)C)no1)C(C)C. The molecule has 0 saturated heterocycles. The van der Waals surface area contributed by atoms with Crippen molar-refractivity contribution in [2.75, 3.05) is 6.54 Å². The van der Waals surface area contributed by atoms with E-state index in [0.717, 1.165) is 18.3 Å². The highest BCUT2D eigenvalue weighted by atomic mass is 16.5. The van der Waals surface area contributed by atoms with E-state index >= 15 is 0 Å². The maximum Gasteiger partial charge on any atom is 0.231 e. The second-order valence-electron chi connectivity index (χ2n) is 6.32. The summed E-state index contributed by atoms with van der Waals surface area (Å²) in [5.41, 5.74) is -0.0648. The van der Waals surface area contributed by atoms with Crippen LogP contribution in [0.3, 0.4) is 0 Å². The van der Waals surface area contributed by atoms with Crippen molar-refractivity contribution in [2.24, 2.45) is 5.92 Å². The Morgan fingerprint density at radius 1 is 1.22 bits per heavy atom. The van der Waals surface area contributed by atoms with Crippen molar-refractivity contribution in [1.82, 2.24) is 15.5 Å². The molecule has 4 heteroatoms. The van der Waals surface area contributed by atoms with Crippen molar-refractivity contribution >= 4 is 0 Å². The van der Waals surface area contributed by atoms with Crippen molar-refractivity contribution < 1.29 is 4.52 Å². The fraction of sp³-hybridized carbons (Fsp3) is 0.857. The molecule has 0 aliphatic heterocycles. The average Bonchev–Trinajstić information content (AvgIpc) is 2.66. The molecule has 0 aliphatic rings. The Hall–Kier alpha value is -0.900. The van der Waals surface area contributed by atoms with Crippen LogP contribution < -0.4 is 5.32 Å². The Morgan fingerprint density at radius 3 is 2.22 bits per heavy atom. The van der Waals surface area contributed by atoms with E-state index in [0.29, 0.717) is 12.0 Å². The predicted molar refractivity (Wildman–Crippen MR) is 73.7 cm³/mol. The van der Waals surface area contributed by atoms with Gasteiger partial charge in [-0.3, -0.25) is 0 Å². The van der Waals surface area contributed by atoms with Gasteiger partial charge in [-0.1, -0.05) is 46.7 Å². The van der Waals surface area contributed by atoms with E-state index in [9.17, 15) is 0 Å². The Kier molecular flexibility index (Phi) is 4.91. The first-order valence-corrected chi connectivity index (χ1v) is 6.84. The third-order valence-corrected chi connectivity index (χ3v) is 3.18. The summed E-state index contributed by atoms with van der Waals surface area (Å²) in [5.74, 6) is 2.26. The summed E-state index contributed by atoms with van der Waals surface area (Å²) in [6.45, 7) is 15.9. The van der Waals surface area contributed by atoms with Crippen molar-refractivity contribution in [2.45, 2.75) is 65.8 Å². The summed E-state index contributed by atoms with van der Waals surface area (Å²) in [6, 6.07) is 0.336. The van der Waals surface area contributed by atoms with Gasteiger partial charge < -0.3 is 9.84 Å². The molecular formula is C14H27N3O. The molecule has 0 fully saturated rings. The fourth-order valence-electron chi connectivity index (χ4n) is 2.20. The van der Waals surface area contributed by atoms with E-state index in [1.54, 1.807) is 0 Å². The van der Waals surface area contributed by atoms with Crippen LogP contribution in [0.15, 0.2) is 4.52 Å². The van der Waals surface area contributed by atoms with E-state index in [2.05, 4.69) is 63.9 Å². The van der Waals surface area contributed by atoms with Crippen LogP contribution in [0, 0.1) is 5.92 Å². The maximum atomic E-state index is 5.48. The lowest BCUT2D eigenvalue weighted by Gasteiger charge is -2.24. The van der Waals surface area contributed by atoms with Gasteiger partial charge in [0.25, 0.3) is 0 Å². The van der Waals surface area contributed by atoms with Gasteiger partial charge in [0.15, 0.2) is 5.82 Å². The third-order valence-electron chi connectivity index (χ3n) is 3.18. The highest BCUT2D eigenvalue weighted by molar-refractivity contribution is 5.05. The Balaban J connectivity index is 2.97. The van der Waals surface area contributed by atoms with Crippen molar-refractivity contribution in [3.05, 3.63) is 11.7 Å². The zero-order valence-electron chi connectivity index (χ0n) is 12.7. The minimum atomic E-state index is -0.0648. The van der Waals surface area contributed by atoms with Crippen molar-refractivity contribution in [3.8, 4) is 0 Å². The largest absolute Gasteiger partial charge is 0.339 e. The van der Waals surface area contributed by atoms with Crippen LogP contribution in [0.25, 0.3) is 0 Å². The van der Waals surface area contributed by atoms with Crippen LogP contribution in [0.5, 0.6) is 0 Å². The molecular weight excluding hydrogens is 226 g/mol. The summed E-state index contributed by atoms with van der Waals surface area (Å²) < 4.78 is 5.48. The molecule has 0 bridgehead atoms. The number of nitrogens with one attached hydrogen (secondary N) is 1. The fourth-order valence-corrected chi connectivity index (χ4v) is 2.20. The first-order chi connectivity index (χ1) is 8.27. The van der Waals surface area contributed by atoms with E-state index in [1.165, 1.54) is 0 Å². The molecule has 0 saturated carbocycles. The average molecular weight is 253 g/mol. The normalized spacial score (nSPS) is 16.0. The van der Waals surface area contributed by atoms with Crippen LogP contribution in [0.1, 0.15) is 66.1 Å². The molecule has 0 radical (unpaired) electrons. The van der Waals surface area contributed by atoms with E-state index < -0.39 is 0 Å². The summed E-state index contributed by atoms with van der Waals surface area (Å²) >= 11 is 0. The molecule has 0 spiro atoms. The lowest BCUT2D eigenvalue weighted by Crippen LogP contribution is -2.34. The molecule has 1 N–H and O–H groups in total. The van der Waals surface area contributed by atoms with Gasteiger partial charge in [0.05, 0.1) is 5.92 Å². The van der Waals surface area contributed by atoms with Crippen LogP contribution in [0.2, 0.25) is 0 Å². The first kappa shape index (κ1) is 15.2. The number of aromatic nitrogens is 2. The highest BCUT2D eigenvalue weighted by Crippen LogP contribution is 2.28. The number of nitrogens with zero attached hydrogens (tertiary/aromatic N) is 2. The monoisotopic (exact) mass is 253 g/mol. The van der Waals surface area contributed by atoms with Gasteiger partial charge in [0.1, 0.15) is 0 Å². The van der Waals surface area contributed by atoms with Gasteiger partial charge in [-0.2, -0.15) is 4.98 Å². The molecule has 0 aliphatic carbocycles. The lowest BCUT2D eigenvalue weighted by atomic mass is 9.89. The van der Waals surface area contributed by atoms with Crippen molar-refractivity contribution in [3.63, 3.8) is 0 Å². The first-order valence-electron chi connectivity index (χ1n) is 6.84. The van der Waals surface area contributed by atoms with Gasteiger partial charge >= 0.3 is 0 Å². The molecule has 1 heterocycles. The summed E-state index contributed by atoms with van der Waals surface area (Å²) in [6.07, 6.45) is 0. The van der Waals surface area contributed by atoms with Crippen LogP contribution in [0.4, 0.5) is 0 Å². The Labute approximate surface area is 111 Å². The molecule has 0 aromatic carbocycles. The Bertz CT molecular complexity index is 365. The molecule has 104 valence electrons. The standard InChI is InChI=1S/C14H27N3O/c1-8-15-10(4)11(9(2)3)12-16-13(17-18-12)14(5,6)7/h9-11,15H,8H2,1-7H3. The zero-order valence-corrected chi connectivity index (χ0v) is 12.7. The predicted octanol–water partition coefficient (Wildman–Crippen LogP) is 3.10. The molecule has 2 atom stereocenters. The van der Waals surface area contributed by atoms with E-state index in [4.69, 9.17) is 4.52 Å². The van der Waals surface area contributed by atoms with Crippen molar-refractivity contribution in [1.29, 1.82) is 0 Å². The molecule has 0 amide bonds. The lowest BCUT2D eigenvalue weighted by molar-refractivity contribution is 0.279. The molecule has 4 nitrogen and oxygen atoms in total. The molecule has 1 aromatic heterocycles. The van der Waals surface area contributed by atoms with E-state index in [1.807, 2.05) is 0 Å². The van der Waals surface area contributed by atoms with Gasteiger partial charge in [-0.15, -0.1) is 0 Å².